The molecule has 1 atom stereocenters. The second-order valence-corrected chi connectivity index (χ2v) is 3.13. The fourth-order valence-corrected chi connectivity index (χ4v) is 1.40. The lowest BCUT2D eigenvalue weighted by molar-refractivity contribution is 0.0679. The molecule has 70 valence electrons. The average Bonchev–Trinajstić information content (AvgIpc) is 2.69. The van der Waals surface area contributed by atoms with Gasteiger partial charge in [0.1, 0.15) is 12.4 Å². The molecule has 0 aromatic carbocycles. The van der Waals surface area contributed by atoms with Crippen molar-refractivity contribution >= 4 is 0 Å². The molecule has 0 aliphatic carbocycles. The first kappa shape index (κ1) is 8.51. The molecule has 0 saturated carbocycles. The van der Waals surface area contributed by atoms with Crippen LogP contribution in [-0.2, 0) is 4.74 Å². The lowest BCUT2D eigenvalue weighted by Crippen LogP contribution is -2.16. The highest BCUT2D eigenvalue weighted by Crippen LogP contribution is 2.14. The minimum Gasteiger partial charge on any atom is -0.491 e. The van der Waals surface area contributed by atoms with Gasteiger partial charge in [-0.3, -0.25) is 4.98 Å². The molecule has 3 nitrogen and oxygen atoms in total. The van der Waals surface area contributed by atoms with Gasteiger partial charge in [-0.15, -0.1) is 0 Å². The molecule has 2 heterocycles. The zero-order valence-electron chi connectivity index (χ0n) is 7.48. The summed E-state index contributed by atoms with van der Waals surface area (Å²) >= 11 is 0. The summed E-state index contributed by atoms with van der Waals surface area (Å²) < 4.78 is 11.0. The van der Waals surface area contributed by atoms with Crippen molar-refractivity contribution in [3.8, 4) is 5.75 Å². The van der Waals surface area contributed by atoms with Crippen LogP contribution in [0.2, 0.25) is 0 Å². The Morgan fingerprint density at radius 1 is 1.46 bits per heavy atom. The molecule has 3 heteroatoms. The largest absolute Gasteiger partial charge is 0.491 e. The van der Waals surface area contributed by atoms with Crippen molar-refractivity contribution < 1.29 is 9.47 Å². The van der Waals surface area contributed by atoms with Crippen molar-refractivity contribution in [1.82, 2.24) is 4.98 Å². The first-order chi connectivity index (χ1) is 6.45. The average molecular weight is 179 g/mol. The van der Waals surface area contributed by atoms with Crippen LogP contribution in [-0.4, -0.2) is 24.3 Å². The van der Waals surface area contributed by atoms with E-state index >= 15 is 0 Å². The summed E-state index contributed by atoms with van der Waals surface area (Å²) in [6.07, 6.45) is 6.01. The Balaban J connectivity index is 1.79. The van der Waals surface area contributed by atoms with E-state index in [9.17, 15) is 0 Å². The maximum Gasteiger partial charge on any atom is 0.122 e. The Morgan fingerprint density at radius 2 is 2.31 bits per heavy atom. The van der Waals surface area contributed by atoms with E-state index < -0.39 is 0 Å². The van der Waals surface area contributed by atoms with Gasteiger partial charge in [0, 0.05) is 19.0 Å². The number of ether oxygens (including phenoxy) is 2. The minimum atomic E-state index is 0.285. The lowest BCUT2D eigenvalue weighted by Gasteiger charge is -2.10. The predicted molar refractivity (Wildman–Crippen MR) is 48.7 cm³/mol. The highest BCUT2D eigenvalue weighted by atomic mass is 16.5. The maximum atomic E-state index is 5.52. The van der Waals surface area contributed by atoms with E-state index in [1.165, 1.54) is 0 Å². The van der Waals surface area contributed by atoms with Crippen molar-refractivity contribution in [2.45, 2.75) is 18.9 Å². The number of hydrogen-bond acceptors (Lipinski definition) is 3. The van der Waals surface area contributed by atoms with Gasteiger partial charge in [0.05, 0.1) is 6.10 Å². The number of pyridine rings is 1. The summed E-state index contributed by atoms with van der Waals surface area (Å²) in [4.78, 5) is 3.91. The lowest BCUT2D eigenvalue weighted by atomic mass is 10.2. The van der Waals surface area contributed by atoms with Crippen LogP contribution < -0.4 is 4.74 Å². The van der Waals surface area contributed by atoms with E-state index in [0.29, 0.717) is 6.61 Å². The van der Waals surface area contributed by atoms with Gasteiger partial charge in [-0.2, -0.15) is 0 Å². The van der Waals surface area contributed by atoms with E-state index in [1.807, 2.05) is 12.1 Å². The molecule has 1 fully saturated rings. The van der Waals surface area contributed by atoms with Gasteiger partial charge in [-0.25, -0.2) is 0 Å². The van der Waals surface area contributed by atoms with Crippen molar-refractivity contribution in [3.05, 3.63) is 24.5 Å². The van der Waals surface area contributed by atoms with Crippen LogP contribution in [0, 0.1) is 0 Å². The quantitative estimate of drug-likeness (QED) is 0.706. The second kappa shape index (κ2) is 4.23. The van der Waals surface area contributed by atoms with E-state index in [1.54, 1.807) is 12.4 Å². The molecule has 1 aliphatic rings. The van der Waals surface area contributed by atoms with Crippen LogP contribution in [0.4, 0.5) is 0 Å². The first-order valence-corrected chi connectivity index (χ1v) is 4.59. The predicted octanol–water partition coefficient (Wildman–Crippen LogP) is 1.64. The molecule has 0 amide bonds. The van der Waals surface area contributed by atoms with Crippen LogP contribution in [0.5, 0.6) is 5.75 Å². The van der Waals surface area contributed by atoms with Crippen molar-refractivity contribution in [1.29, 1.82) is 0 Å². The first-order valence-electron chi connectivity index (χ1n) is 4.59. The van der Waals surface area contributed by atoms with Crippen LogP contribution in [0.3, 0.4) is 0 Å². The van der Waals surface area contributed by atoms with Gasteiger partial charge >= 0.3 is 0 Å². The Kier molecular flexibility index (Phi) is 2.77. The molecule has 0 unspecified atom stereocenters. The third-order valence-electron chi connectivity index (χ3n) is 2.11. The van der Waals surface area contributed by atoms with Gasteiger partial charge in [-0.05, 0) is 25.0 Å². The molecule has 0 spiro atoms. The molecule has 0 radical (unpaired) electrons. The Bertz CT molecular complexity index is 244. The fourth-order valence-electron chi connectivity index (χ4n) is 1.40. The molecule has 1 aromatic rings. The molecule has 1 aliphatic heterocycles. The molecule has 0 bridgehead atoms. The van der Waals surface area contributed by atoms with E-state index in [-0.39, 0.29) is 6.10 Å². The summed E-state index contributed by atoms with van der Waals surface area (Å²) in [6, 6.07) is 3.71. The zero-order valence-corrected chi connectivity index (χ0v) is 7.48. The Morgan fingerprint density at radius 3 is 3.00 bits per heavy atom. The van der Waals surface area contributed by atoms with Crippen molar-refractivity contribution in [2.24, 2.45) is 0 Å². The summed E-state index contributed by atoms with van der Waals surface area (Å²) in [5.74, 6) is 0.866. The second-order valence-electron chi connectivity index (χ2n) is 3.13. The van der Waals surface area contributed by atoms with E-state index in [2.05, 4.69) is 4.98 Å². The SMILES string of the molecule is c1cc(OC[C@@H]2CCCO2)ccn1. The molecule has 1 saturated heterocycles. The summed E-state index contributed by atoms with van der Waals surface area (Å²) in [5, 5.41) is 0. The van der Waals surface area contributed by atoms with Crippen molar-refractivity contribution in [2.75, 3.05) is 13.2 Å². The van der Waals surface area contributed by atoms with Gasteiger partial charge in [0.15, 0.2) is 0 Å². The summed E-state index contributed by atoms with van der Waals surface area (Å²) in [6.45, 7) is 1.54. The van der Waals surface area contributed by atoms with Crippen molar-refractivity contribution in [3.63, 3.8) is 0 Å². The third-order valence-corrected chi connectivity index (χ3v) is 2.11. The third kappa shape index (κ3) is 2.42. The standard InChI is InChI=1S/C10H13NO2/c1-2-10(12-7-1)8-13-9-3-5-11-6-4-9/h3-6,10H,1-2,7-8H2/t10-/m0/s1. The Labute approximate surface area is 77.7 Å². The highest BCUT2D eigenvalue weighted by molar-refractivity contribution is 5.16. The highest BCUT2D eigenvalue weighted by Gasteiger charge is 2.15. The minimum absolute atomic E-state index is 0.285. The summed E-state index contributed by atoms with van der Waals surface area (Å²) in [7, 11) is 0. The smallest absolute Gasteiger partial charge is 0.122 e. The zero-order chi connectivity index (χ0) is 8.93. The maximum absolute atomic E-state index is 5.52. The van der Waals surface area contributed by atoms with Crippen LogP contribution in [0.15, 0.2) is 24.5 Å². The topological polar surface area (TPSA) is 31.4 Å². The van der Waals surface area contributed by atoms with Gasteiger partial charge in [-0.1, -0.05) is 0 Å². The molecule has 1 aromatic heterocycles. The van der Waals surface area contributed by atoms with Crippen LogP contribution >= 0.6 is 0 Å². The number of nitrogens with zero attached hydrogens (tertiary/aromatic N) is 1. The Hall–Kier alpha value is -1.09. The number of hydrogen-bond donors (Lipinski definition) is 0. The number of rotatable bonds is 3. The normalized spacial score (nSPS) is 21.7. The molecule has 13 heavy (non-hydrogen) atoms. The summed E-state index contributed by atoms with van der Waals surface area (Å²) in [5.41, 5.74) is 0. The van der Waals surface area contributed by atoms with Crippen LogP contribution in [0.1, 0.15) is 12.8 Å². The van der Waals surface area contributed by atoms with Gasteiger partial charge in [0.2, 0.25) is 0 Å². The van der Waals surface area contributed by atoms with Gasteiger partial charge in [0.25, 0.3) is 0 Å². The number of aromatic nitrogens is 1. The van der Waals surface area contributed by atoms with E-state index in [0.717, 1.165) is 25.2 Å². The van der Waals surface area contributed by atoms with E-state index in [4.69, 9.17) is 9.47 Å². The van der Waals surface area contributed by atoms with Gasteiger partial charge < -0.3 is 9.47 Å². The van der Waals surface area contributed by atoms with Crippen LogP contribution in [0.25, 0.3) is 0 Å². The molecular weight excluding hydrogens is 166 g/mol. The molecular formula is C10H13NO2. The monoisotopic (exact) mass is 179 g/mol. The molecule has 0 N–H and O–H groups in total. The fraction of sp³-hybridized carbons (Fsp3) is 0.500. The molecule has 2 rings (SSSR count).